The molecule has 4 aromatic rings. The van der Waals surface area contributed by atoms with Gasteiger partial charge >= 0.3 is 0 Å². The topological polar surface area (TPSA) is 73.5 Å². The number of carbonyl (C=O) groups is 2. The largest absolute Gasteiger partial charge is 0.352 e. The molecule has 0 radical (unpaired) electrons. The van der Waals surface area contributed by atoms with E-state index in [9.17, 15) is 9.59 Å². The standard InChI is InChI=1S/C35H40N4O2/c1-36-21-19-33-35(41)39(25-32(27-11-4-2-5-12-27)28-13-6-3-7-14-28)23-20-31(38-33)18-22-37-34(40)30-17-16-26-10-8-9-15-29(26)24-30/h2-17,24,31-33,36,38H,18-23,25H2,1H3,(H,37,40). The second kappa shape index (κ2) is 14.1. The maximum absolute atomic E-state index is 13.8. The Kier molecular flexibility index (Phi) is 9.78. The van der Waals surface area contributed by atoms with Crippen molar-refractivity contribution in [3.05, 3.63) is 120 Å². The van der Waals surface area contributed by atoms with E-state index < -0.39 is 0 Å². The van der Waals surface area contributed by atoms with Crippen molar-refractivity contribution in [2.24, 2.45) is 0 Å². The normalized spacial score (nSPS) is 17.5. The molecule has 2 unspecified atom stereocenters. The van der Waals surface area contributed by atoms with Crippen LogP contribution in [0, 0.1) is 0 Å². The summed E-state index contributed by atoms with van der Waals surface area (Å²) in [5.74, 6) is 0.186. The Balaban J connectivity index is 1.25. The minimum absolute atomic E-state index is 0.0672. The Morgan fingerprint density at radius 3 is 2.20 bits per heavy atom. The van der Waals surface area contributed by atoms with Crippen LogP contribution in [0.4, 0.5) is 0 Å². The highest BCUT2D eigenvalue weighted by Gasteiger charge is 2.32. The summed E-state index contributed by atoms with van der Waals surface area (Å²) in [6, 6.07) is 34.7. The first-order chi connectivity index (χ1) is 20.1. The fourth-order valence-corrected chi connectivity index (χ4v) is 5.77. The zero-order valence-electron chi connectivity index (χ0n) is 23.8. The van der Waals surface area contributed by atoms with Crippen LogP contribution in [0.15, 0.2) is 103 Å². The highest BCUT2D eigenvalue weighted by atomic mass is 16.2. The molecule has 0 aromatic heterocycles. The summed E-state index contributed by atoms with van der Waals surface area (Å²) in [6.07, 6.45) is 2.31. The van der Waals surface area contributed by atoms with Gasteiger partial charge in [-0.3, -0.25) is 9.59 Å². The first-order valence-corrected chi connectivity index (χ1v) is 14.7. The van der Waals surface area contributed by atoms with Gasteiger partial charge in [-0.15, -0.1) is 0 Å². The van der Waals surface area contributed by atoms with E-state index in [4.69, 9.17) is 0 Å². The van der Waals surface area contributed by atoms with E-state index in [1.165, 1.54) is 11.1 Å². The molecule has 2 atom stereocenters. The number of benzene rings is 4. The van der Waals surface area contributed by atoms with E-state index in [2.05, 4.69) is 64.5 Å². The van der Waals surface area contributed by atoms with Gasteiger partial charge in [0.05, 0.1) is 6.04 Å². The molecule has 1 aliphatic rings. The summed E-state index contributed by atoms with van der Waals surface area (Å²) in [6.45, 7) is 2.62. The predicted molar refractivity (Wildman–Crippen MR) is 166 cm³/mol. The minimum Gasteiger partial charge on any atom is -0.352 e. The second-order valence-corrected chi connectivity index (χ2v) is 10.9. The van der Waals surface area contributed by atoms with Crippen LogP contribution in [0.2, 0.25) is 0 Å². The van der Waals surface area contributed by atoms with Gasteiger partial charge in [-0.25, -0.2) is 0 Å². The van der Waals surface area contributed by atoms with Gasteiger partial charge < -0.3 is 20.9 Å². The molecule has 0 saturated carbocycles. The van der Waals surface area contributed by atoms with E-state index in [-0.39, 0.29) is 29.8 Å². The Morgan fingerprint density at radius 1 is 0.854 bits per heavy atom. The average molecular weight is 549 g/mol. The lowest BCUT2D eigenvalue weighted by Crippen LogP contribution is -2.48. The van der Waals surface area contributed by atoms with Gasteiger partial charge in [0, 0.05) is 37.2 Å². The van der Waals surface area contributed by atoms with Crippen molar-refractivity contribution in [1.82, 2.24) is 20.9 Å². The van der Waals surface area contributed by atoms with E-state index in [0.29, 0.717) is 31.6 Å². The summed E-state index contributed by atoms with van der Waals surface area (Å²) in [4.78, 5) is 28.8. The molecule has 0 spiro atoms. The van der Waals surface area contributed by atoms with Crippen molar-refractivity contribution in [2.45, 2.75) is 37.3 Å². The molecule has 3 N–H and O–H groups in total. The van der Waals surface area contributed by atoms with Crippen molar-refractivity contribution in [1.29, 1.82) is 0 Å². The van der Waals surface area contributed by atoms with Crippen LogP contribution in [0.1, 0.15) is 46.7 Å². The van der Waals surface area contributed by atoms with Crippen molar-refractivity contribution < 1.29 is 9.59 Å². The summed E-state index contributed by atoms with van der Waals surface area (Å²) < 4.78 is 0. The number of hydrogen-bond donors (Lipinski definition) is 3. The Labute approximate surface area is 243 Å². The molecular weight excluding hydrogens is 508 g/mol. The van der Waals surface area contributed by atoms with E-state index >= 15 is 0 Å². The van der Waals surface area contributed by atoms with Crippen LogP contribution in [0.3, 0.4) is 0 Å². The van der Waals surface area contributed by atoms with Crippen LogP contribution >= 0.6 is 0 Å². The minimum atomic E-state index is -0.265. The number of nitrogens with one attached hydrogen (secondary N) is 3. The lowest BCUT2D eigenvalue weighted by Gasteiger charge is -2.29. The number of carbonyl (C=O) groups excluding carboxylic acids is 2. The summed E-state index contributed by atoms with van der Waals surface area (Å²) in [5, 5.41) is 12.1. The van der Waals surface area contributed by atoms with Gasteiger partial charge in [-0.2, -0.15) is 0 Å². The van der Waals surface area contributed by atoms with E-state index in [0.717, 1.165) is 30.2 Å². The van der Waals surface area contributed by atoms with Gasteiger partial charge in [-0.1, -0.05) is 91.0 Å². The molecule has 0 aliphatic carbocycles. The zero-order valence-corrected chi connectivity index (χ0v) is 23.8. The highest BCUT2D eigenvalue weighted by Crippen LogP contribution is 2.27. The van der Waals surface area contributed by atoms with Gasteiger partial charge in [0.2, 0.25) is 5.91 Å². The van der Waals surface area contributed by atoms with Crippen molar-refractivity contribution in [3.63, 3.8) is 0 Å². The summed E-state index contributed by atoms with van der Waals surface area (Å²) in [5.41, 5.74) is 3.09. The van der Waals surface area contributed by atoms with Crippen LogP contribution in [-0.4, -0.2) is 62.0 Å². The van der Waals surface area contributed by atoms with E-state index in [1.54, 1.807) is 0 Å². The predicted octanol–water partition coefficient (Wildman–Crippen LogP) is 4.96. The van der Waals surface area contributed by atoms with Gasteiger partial charge in [0.15, 0.2) is 0 Å². The molecule has 4 aromatic carbocycles. The van der Waals surface area contributed by atoms with Gasteiger partial charge in [-0.05, 0) is 66.9 Å². The smallest absolute Gasteiger partial charge is 0.251 e. The monoisotopic (exact) mass is 548 g/mol. The van der Waals surface area contributed by atoms with Crippen molar-refractivity contribution in [3.8, 4) is 0 Å². The lowest BCUT2D eigenvalue weighted by molar-refractivity contribution is -0.133. The Bertz CT molecular complexity index is 1390. The number of nitrogens with zero attached hydrogens (tertiary/aromatic N) is 1. The zero-order chi connectivity index (χ0) is 28.4. The first kappa shape index (κ1) is 28.5. The Hall–Kier alpha value is -4.00. The molecule has 212 valence electrons. The molecule has 41 heavy (non-hydrogen) atoms. The average Bonchev–Trinajstić information content (AvgIpc) is 3.17. The van der Waals surface area contributed by atoms with Crippen LogP contribution < -0.4 is 16.0 Å². The molecule has 5 rings (SSSR count). The quantitative estimate of drug-likeness (QED) is 0.248. The van der Waals surface area contributed by atoms with Crippen LogP contribution in [0.25, 0.3) is 10.8 Å². The van der Waals surface area contributed by atoms with Crippen LogP contribution in [-0.2, 0) is 4.79 Å². The maximum Gasteiger partial charge on any atom is 0.251 e. The molecule has 1 heterocycles. The van der Waals surface area contributed by atoms with Crippen LogP contribution in [0.5, 0.6) is 0 Å². The molecule has 1 aliphatic heterocycles. The van der Waals surface area contributed by atoms with E-state index in [1.807, 2.05) is 66.5 Å². The molecule has 6 nitrogen and oxygen atoms in total. The number of hydrogen-bond acceptors (Lipinski definition) is 4. The van der Waals surface area contributed by atoms with Crippen molar-refractivity contribution in [2.75, 3.05) is 33.2 Å². The number of amides is 2. The molecule has 1 fully saturated rings. The SMILES string of the molecule is CNCCC1NC(CCNC(=O)c2ccc3ccccc3c2)CCN(CC(c2ccccc2)c2ccccc2)C1=O. The van der Waals surface area contributed by atoms with Crippen molar-refractivity contribution >= 4 is 22.6 Å². The third-order valence-corrected chi connectivity index (χ3v) is 8.07. The highest BCUT2D eigenvalue weighted by molar-refractivity contribution is 5.98. The number of rotatable bonds is 11. The van der Waals surface area contributed by atoms with Gasteiger partial charge in [0.25, 0.3) is 5.91 Å². The molecule has 6 heteroatoms. The first-order valence-electron chi connectivity index (χ1n) is 14.7. The Morgan fingerprint density at radius 2 is 1.51 bits per heavy atom. The maximum atomic E-state index is 13.8. The van der Waals surface area contributed by atoms with Gasteiger partial charge in [0.1, 0.15) is 0 Å². The third-order valence-electron chi connectivity index (χ3n) is 8.07. The fourth-order valence-electron chi connectivity index (χ4n) is 5.77. The fraction of sp³-hybridized carbons (Fsp3) is 0.314. The summed E-state index contributed by atoms with van der Waals surface area (Å²) >= 11 is 0. The number of fused-ring (bicyclic) bond motifs is 1. The molecule has 1 saturated heterocycles. The molecule has 0 bridgehead atoms. The summed E-state index contributed by atoms with van der Waals surface area (Å²) in [7, 11) is 1.92. The second-order valence-electron chi connectivity index (χ2n) is 10.9. The third kappa shape index (κ3) is 7.40. The molecular formula is C35H40N4O2. The lowest BCUT2D eigenvalue weighted by atomic mass is 9.90. The molecule has 2 amide bonds.